The number of aromatic nitrogens is 2. The Morgan fingerprint density at radius 3 is 2.32 bits per heavy atom. The van der Waals surface area contributed by atoms with E-state index in [0.29, 0.717) is 18.7 Å². The van der Waals surface area contributed by atoms with Crippen molar-refractivity contribution in [3.8, 4) is 0 Å². The average molecular weight is 420 g/mol. The minimum Gasteiger partial charge on any atom is -0.324 e. The van der Waals surface area contributed by atoms with Crippen LogP contribution in [-0.4, -0.2) is 57.8 Å². The van der Waals surface area contributed by atoms with E-state index in [1.165, 1.54) is 0 Å². The summed E-state index contributed by atoms with van der Waals surface area (Å²) in [7, 11) is 0. The molecule has 1 aromatic carbocycles. The van der Waals surface area contributed by atoms with Crippen LogP contribution in [0, 0.1) is 20.8 Å². The van der Waals surface area contributed by atoms with Crippen LogP contribution in [0.3, 0.4) is 0 Å². The molecule has 0 unspecified atom stereocenters. The van der Waals surface area contributed by atoms with Crippen LogP contribution in [0.15, 0.2) is 47.3 Å². The molecule has 0 spiro atoms. The molecule has 0 saturated carbocycles. The molecule has 0 bridgehead atoms. The van der Waals surface area contributed by atoms with Crippen molar-refractivity contribution in [3.05, 3.63) is 75.3 Å². The molecule has 1 amide bonds. The SMILES string of the molecule is Cc1cccc(C)c1NC(=O)CN1CCN(Cc2cc(=O)n3c(C)cccc3n2)CC1. The summed E-state index contributed by atoms with van der Waals surface area (Å²) in [5.41, 5.74) is 5.38. The van der Waals surface area contributed by atoms with Crippen LogP contribution in [0.5, 0.6) is 0 Å². The molecule has 0 atom stereocenters. The lowest BCUT2D eigenvalue weighted by atomic mass is 10.1. The van der Waals surface area contributed by atoms with Crippen LogP contribution < -0.4 is 10.9 Å². The normalized spacial score (nSPS) is 15.3. The number of fused-ring (bicyclic) bond motifs is 1. The van der Waals surface area contributed by atoms with Gasteiger partial charge in [-0.15, -0.1) is 0 Å². The fourth-order valence-electron chi connectivity index (χ4n) is 4.17. The number of hydrogen-bond donors (Lipinski definition) is 1. The summed E-state index contributed by atoms with van der Waals surface area (Å²) in [6, 6.07) is 13.3. The molecule has 0 aliphatic carbocycles. The molecule has 1 fully saturated rings. The first kappa shape index (κ1) is 21.2. The van der Waals surface area contributed by atoms with Crippen molar-refractivity contribution in [2.75, 3.05) is 38.0 Å². The summed E-state index contributed by atoms with van der Waals surface area (Å²) in [5.74, 6) is 0.0189. The van der Waals surface area contributed by atoms with Gasteiger partial charge >= 0.3 is 0 Å². The summed E-state index contributed by atoms with van der Waals surface area (Å²) >= 11 is 0. The van der Waals surface area contributed by atoms with E-state index in [9.17, 15) is 9.59 Å². The number of anilines is 1. The van der Waals surface area contributed by atoms with Gasteiger partial charge in [-0.2, -0.15) is 0 Å². The molecule has 0 radical (unpaired) electrons. The quantitative estimate of drug-likeness (QED) is 0.688. The highest BCUT2D eigenvalue weighted by molar-refractivity contribution is 5.93. The number of carbonyl (C=O) groups excluding carboxylic acids is 1. The number of benzene rings is 1. The third-order valence-electron chi connectivity index (χ3n) is 5.90. The van der Waals surface area contributed by atoms with E-state index in [1.807, 2.05) is 57.2 Å². The Balaban J connectivity index is 1.32. The van der Waals surface area contributed by atoms with Gasteiger partial charge in [-0.25, -0.2) is 4.98 Å². The van der Waals surface area contributed by atoms with E-state index in [0.717, 1.165) is 54.4 Å². The second kappa shape index (κ2) is 8.99. The lowest BCUT2D eigenvalue weighted by Gasteiger charge is -2.34. The smallest absolute Gasteiger partial charge is 0.258 e. The number of hydrogen-bond acceptors (Lipinski definition) is 5. The first-order chi connectivity index (χ1) is 14.9. The highest BCUT2D eigenvalue weighted by atomic mass is 16.2. The van der Waals surface area contributed by atoms with E-state index < -0.39 is 0 Å². The van der Waals surface area contributed by atoms with E-state index >= 15 is 0 Å². The first-order valence-corrected chi connectivity index (χ1v) is 10.7. The highest BCUT2D eigenvalue weighted by Crippen LogP contribution is 2.19. The lowest BCUT2D eigenvalue weighted by Crippen LogP contribution is -2.48. The van der Waals surface area contributed by atoms with Crippen LogP contribution in [0.2, 0.25) is 0 Å². The second-order valence-electron chi connectivity index (χ2n) is 8.31. The summed E-state index contributed by atoms with van der Waals surface area (Å²) < 4.78 is 1.64. The van der Waals surface area contributed by atoms with E-state index in [1.54, 1.807) is 10.5 Å². The third-order valence-corrected chi connectivity index (χ3v) is 5.90. The summed E-state index contributed by atoms with van der Waals surface area (Å²) in [6.07, 6.45) is 0. The predicted octanol–water partition coefficient (Wildman–Crippen LogP) is 2.38. The fraction of sp³-hybridized carbons (Fsp3) is 0.375. The number of pyridine rings is 1. The Morgan fingerprint density at radius 2 is 1.61 bits per heavy atom. The molecule has 3 heterocycles. The molecule has 2 aromatic heterocycles. The molecule has 162 valence electrons. The molecular weight excluding hydrogens is 390 g/mol. The van der Waals surface area contributed by atoms with Crippen LogP contribution >= 0.6 is 0 Å². The monoisotopic (exact) mass is 419 g/mol. The standard InChI is InChI=1S/C24H29N5O2/c1-17-6-4-7-18(2)24(17)26-22(30)16-28-12-10-27(11-13-28)15-20-14-23(31)29-19(3)8-5-9-21(29)25-20/h4-9,14H,10-13,15-16H2,1-3H3,(H,26,30). The zero-order chi connectivity index (χ0) is 22.0. The summed E-state index contributed by atoms with van der Waals surface area (Å²) in [5, 5.41) is 3.06. The molecule has 7 heteroatoms. The van der Waals surface area contributed by atoms with Gasteiger partial charge in [0.25, 0.3) is 5.56 Å². The Labute approximate surface area is 182 Å². The molecule has 1 aliphatic rings. The van der Waals surface area contributed by atoms with Crippen molar-refractivity contribution in [1.82, 2.24) is 19.2 Å². The molecule has 1 aliphatic heterocycles. The van der Waals surface area contributed by atoms with Crippen LogP contribution in [0.4, 0.5) is 5.69 Å². The van der Waals surface area contributed by atoms with Crippen molar-refractivity contribution >= 4 is 17.2 Å². The molecule has 1 N–H and O–H groups in total. The number of nitrogens with one attached hydrogen (secondary N) is 1. The third kappa shape index (κ3) is 4.84. The fourth-order valence-corrected chi connectivity index (χ4v) is 4.17. The number of nitrogens with zero attached hydrogens (tertiary/aromatic N) is 4. The average Bonchev–Trinajstić information content (AvgIpc) is 2.72. The van der Waals surface area contributed by atoms with Gasteiger partial charge < -0.3 is 5.32 Å². The number of amides is 1. The number of carbonyl (C=O) groups is 1. The molecule has 4 rings (SSSR count). The Hall–Kier alpha value is -3.03. The van der Waals surface area contributed by atoms with Gasteiger partial charge in [0, 0.05) is 50.2 Å². The largest absolute Gasteiger partial charge is 0.324 e. The van der Waals surface area contributed by atoms with Gasteiger partial charge in [0.1, 0.15) is 5.65 Å². The number of para-hydroxylation sites is 1. The second-order valence-corrected chi connectivity index (χ2v) is 8.31. The Morgan fingerprint density at radius 1 is 0.968 bits per heavy atom. The van der Waals surface area contributed by atoms with Crippen molar-refractivity contribution < 1.29 is 4.79 Å². The predicted molar refractivity (Wildman–Crippen MR) is 122 cm³/mol. The Kier molecular flexibility index (Phi) is 6.15. The van der Waals surface area contributed by atoms with Crippen molar-refractivity contribution in [1.29, 1.82) is 0 Å². The molecule has 1 saturated heterocycles. The van der Waals surface area contributed by atoms with Crippen molar-refractivity contribution in [2.24, 2.45) is 0 Å². The molecule has 31 heavy (non-hydrogen) atoms. The van der Waals surface area contributed by atoms with Crippen LogP contribution in [-0.2, 0) is 11.3 Å². The van der Waals surface area contributed by atoms with Gasteiger partial charge in [0.15, 0.2) is 0 Å². The highest BCUT2D eigenvalue weighted by Gasteiger charge is 2.20. The van der Waals surface area contributed by atoms with Gasteiger partial charge in [0.05, 0.1) is 12.2 Å². The molecule has 7 nitrogen and oxygen atoms in total. The Bertz CT molecular complexity index is 1140. The lowest BCUT2D eigenvalue weighted by molar-refractivity contribution is -0.117. The van der Waals surface area contributed by atoms with Gasteiger partial charge in [-0.05, 0) is 44.0 Å². The number of aryl methyl sites for hydroxylation is 3. The minimum absolute atomic E-state index is 0.0189. The molecule has 3 aromatic rings. The minimum atomic E-state index is -0.0418. The topological polar surface area (TPSA) is 70.0 Å². The summed E-state index contributed by atoms with van der Waals surface area (Å²) in [4.78, 5) is 34.1. The first-order valence-electron chi connectivity index (χ1n) is 10.7. The number of piperazine rings is 1. The maximum absolute atomic E-state index is 12.5. The molecular formula is C24H29N5O2. The summed E-state index contributed by atoms with van der Waals surface area (Å²) in [6.45, 7) is 10.3. The maximum atomic E-state index is 12.5. The van der Waals surface area contributed by atoms with Crippen LogP contribution in [0.25, 0.3) is 5.65 Å². The van der Waals surface area contributed by atoms with Crippen LogP contribution in [0.1, 0.15) is 22.5 Å². The van der Waals surface area contributed by atoms with E-state index in [2.05, 4.69) is 20.1 Å². The van der Waals surface area contributed by atoms with Crippen molar-refractivity contribution in [2.45, 2.75) is 27.3 Å². The maximum Gasteiger partial charge on any atom is 0.258 e. The van der Waals surface area contributed by atoms with Gasteiger partial charge in [-0.3, -0.25) is 23.8 Å². The zero-order valence-electron chi connectivity index (χ0n) is 18.4. The van der Waals surface area contributed by atoms with E-state index in [-0.39, 0.29) is 11.5 Å². The number of rotatable bonds is 5. The van der Waals surface area contributed by atoms with Gasteiger partial charge in [-0.1, -0.05) is 24.3 Å². The van der Waals surface area contributed by atoms with Crippen molar-refractivity contribution in [3.63, 3.8) is 0 Å². The zero-order valence-corrected chi connectivity index (χ0v) is 18.4. The van der Waals surface area contributed by atoms with Gasteiger partial charge in [0.2, 0.25) is 5.91 Å². The van der Waals surface area contributed by atoms with E-state index in [4.69, 9.17) is 0 Å².